The lowest BCUT2D eigenvalue weighted by Crippen LogP contribution is -2.39. The molecule has 0 aliphatic heterocycles. The number of nitrogen functional groups attached to an aromatic ring is 1. The summed E-state index contributed by atoms with van der Waals surface area (Å²) >= 11 is 4.53. The van der Waals surface area contributed by atoms with Gasteiger partial charge < -0.3 is 16.4 Å². The summed E-state index contributed by atoms with van der Waals surface area (Å²) in [5.74, 6) is -0.593. The minimum Gasteiger partial charge on any atom is -0.382 e. The van der Waals surface area contributed by atoms with Crippen LogP contribution in [0.25, 0.3) is 0 Å². The van der Waals surface area contributed by atoms with Crippen molar-refractivity contribution in [2.75, 3.05) is 10.6 Å². The van der Waals surface area contributed by atoms with Gasteiger partial charge in [-0.15, -0.1) is 0 Å². The molecular weight excluding hydrogens is 428 g/mol. The van der Waals surface area contributed by atoms with Gasteiger partial charge in [0.2, 0.25) is 11.7 Å². The second-order valence-corrected chi connectivity index (χ2v) is 7.72. The first-order valence-corrected chi connectivity index (χ1v) is 9.69. The molecule has 4 N–H and O–H groups in total. The van der Waals surface area contributed by atoms with Gasteiger partial charge in [0.25, 0.3) is 0 Å². The Morgan fingerprint density at radius 2 is 1.74 bits per heavy atom. The van der Waals surface area contributed by atoms with Crippen LogP contribution in [0.5, 0.6) is 0 Å². The molecule has 27 heavy (non-hydrogen) atoms. The van der Waals surface area contributed by atoms with Crippen LogP contribution in [-0.4, -0.2) is 22.7 Å². The number of carbonyl (C=O) groups excluding carboxylic acids is 2. The number of amides is 1. The van der Waals surface area contributed by atoms with Crippen molar-refractivity contribution in [1.82, 2.24) is 4.98 Å². The fraction of sp³-hybridized carbons (Fsp3) is 0.105. The van der Waals surface area contributed by atoms with Crippen molar-refractivity contribution in [1.29, 1.82) is 0 Å². The van der Waals surface area contributed by atoms with Gasteiger partial charge in [-0.2, -0.15) is 0 Å². The number of carbonyl (C=O) groups is 2. The molecule has 8 heteroatoms. The fourth-order valence-corrected chi connectivity index (χ4v) is 3.85. The molecule has 0 radical (unpaired) electrons. The molecule has 0 bridgehead atoms. The summed E-state index contributed by atoms with van der Waals surface area (Å²) in [5.41, 5.74) is 12.8. The van der Waals surface area contributed by atoms with Gasteiger partial charge >= 0.3 is 0 Å². The Morgan fingerprint density at radius 1 is 1.11 bits per heavy atom. The van der Waals surface area contributed by atoms with E-state index >= 15 is 0 Å². The number of rotatable bonds is 6. The topological polar surface area (TPSA) is 102 Å². The Hall–Kier alpha value is -2.71. The third kappa shape index (κ3) is 4.01. The number of hydrogen-bond donors (Lipinski definition) is 2. The molecule has 1 heterocycles. The van der Waals surface area contributed by atoms with Crippen LogP contribution in [0.1, 0.15) is 22.2 Å². The van der Waals surface area contributed by atoms with Gasteiger partial charge in [0.1, 0.15) is 16.7 Å². The number of thiazole rings is 1. The summed E-state index contributed by atoms with van der Waals surface area (Å²) in [4.78, 5) is 31.0. The largest absolute Gasteiger partial charge is 0.382 e. The zero-order chi connectivity index (χ0) is 19.6. The first-order valence-electron chi connectivity index (χ1n) is 8.08. The van der Waals surface area contributed by atoms with Crippen LogP contribution in [-0.2, 0) is 4.79 Å². The maximum absolute atomic E-state index is 12.8. The molecule has 0 saturated carbocycles. The minimum absolute atomic E-state index is 0.127. The molecule has 1 aromatic heterocycles. The van der Waals surface area contributed by atoms with E-state index in [1.54, 1.807) is 36.1 Å². The number of hydrogen-bond acceptors (Lipinski definition) is 6. The fourth-order valence-electron chi connectivity index (χ4n) is 2.54. The minimum atomic E-state index is -0.670. The molecule has 0 spiro atoms. The number of anilines is 3. The monoisotopic (exact) mass is 444 g/mol. The van der Waals surface area contributed by atoms with Gasteiger partial charge in [-0.25, -0.2) is 4.98 Å². The van der Waals surface area contributed by atoms with Crippen LogP contribution in [0.2, 0.25) is 0 Å². The van der Waals surface area contributed by atoms with Crippen molar-refractivity contribution in [2.45, 2.75) is 13.0 Å². The number of aromatic nitrogens is 1. The molecule has 0 aliphatic rings. The van der Waals surface area contributed by atoms with Crippen LogP contribution in [0, 0.1) is 0 Å². The predicted octanol–water partition coefficient (Wildman–Crippen LogP) is 3.73. The van der Waals surface area contributed by atoms with Crippen molar-refractivity contribution in [2.24, 2.45) is 5.73 Å². The zero-order valence-electron chi connectivity index (χ0n) is 14.4. The van der Waals surface area contributed by atoms with E-state index in [0.29, 0.717) is 15.6 Å². The molecule has 1 atom stereocenters. The summed E-state index contributed by atoms with van der Waals surface area (Å²) in [6.07, 6.45) is 0. The van der Waals surface area contributed by atoms with Gasteiger partial charge in [0.15, 0.2) is 5.13 Å². The van der Waals surface area contributed by atoms with Gasteiger partial charge in [-0.1, -0.05) is 57.6 Å². The number of benzene rings is 2. The quantitative estimate of drug-likeness (QED) is 0.563. The summed E-state index contributed by atoms with van der Waals surface area (Å²) in [6.45, 7) is 1.68. The van der Waals surface area contributed by atoms with Crippen LogP contribution in [0.4, 0.5) is 16.6 Å². The lowest BCUT2D eigenvalue weighted by molar-refractivity contribution is -0.118. The molecule has 2 aromatic carbocycles. The highest BCUT2D eigenvalue weighted by Crippen LogP contribution is 2.36. The number of halogens is 1. The van der Waals surface area contributed by atoms with Gasteiger partial charge in [0.05, 0.1) is 0 Å². The summed E-state index contributed by atoms with van der Waals surface area (Å²) in [7, 11) is 0. The second-order valence-electron chi connectivity index (χ2n) is 5.83. The standard InChI is InChI=1S/C19H17BrN4O2S/c1-11(18(22)26)24(14-9-7-13(20)8-10-14)19-23-17(21)16(27-19)15(25)12-5-3-2-4-6-12/h2-11H,21H2,1H3,(H2,22,26)/t11-/m1/s1. The van der Waals surface area contributed by atoms with E-state index in [-0.39, 0.29) is 11.6 Å². The Balaban J connectivity index is 2.04. The van der Waals surface area contributed by atoms with E-state index in [9.17, 15) is 9.59 Å². The molecule has 3 rings (SSSR count). The lowest BCUT2D eigenvalue weighted by Gasteiger charge is -2.26. The second kappa shape index (κ2) is 7.89. The van der Waals surface area contributed by atoms with E-state index in [2.05, 4.69) is 20.9 Å². The summed E-state index contributed by atoms with van der Waals surface area (Å²) in [5, 5.41) is 0.431. The van der Waals surface area contributed by atoms with Crippen molar-refractivity contribution in [3.8, 4) is 0 Å². The highest BCUT2D eigenvalue weighted by Gasteiger charge is 2.27. The Labute approximate surface area is 168 Å². The van der Waals surface area contributed by atoms with Crippen molar-refractivity contribution in [3.63, 3.8) is 0 Å². The van der Waals surface area contributed by atoms with E-state index in [1.165, 1.54) is 0 Å². The average molecular weight is 445 g/mol. The highest BCUT2D eigenvalue weighted by atomic mass is 79.9. The number of nitrogens with zero attached hydrogens (tertiary/aromatic N) is 2. The van der Waals surface area contributed by atoms with Crippen molar-refractivity contribution < 1.29 is 9.59 Å². The van der Waals surface area contributed by atoms with Crippen LogP contribution in [0.3, 0.4) is 0 Å². The molecule has 0 saturated heterocycles. The Morgan fingerprint density at radius 3 is 2.33 bits per heavy atom. The third-order valence-corrected chi connectivity index (χ3v) is 5.59. The van der Waals surface area contributed by atoms with Gasteiger partial charge in [0, 0.05) is 15.7 Å². The first-order chi connectivity index (χ1) is 12.9. The van der Waals surface area contributed by atoms with E-state index in [0.717, 1.165) is 21.5 Å². The predicted molar refractivity (Wildman–Crippen MR) is 111 cm³/mol. The smallest absolute Gasteiger partial charge is 0.240 e. The number of nitrogens with two attached hydrogens (primary N) is 2. The Bertz CT molecular complexity index is 973. The molecule has 3 aromatic rings. The van der Waals surface area contributed by atoms with E-state index < -0.39 is 11.9 Å². The van der Waals surface area contributed by atoms with Crippen molar-refractivity contribution in [3.05, 3.63) is 69.5 Å². The average Bonchev–Trinajstić information content (AvgIpc) is 3.04. The maximum atomic E-state index is 12.8. The van der Waals surface area contributed by atoms with Crippen molar-refractivity contribution >= 4 is 55.6 Å². The van der Waals surface area contributed by atoms with Gasteiger partial charge in [-0.3, -0.25) is 9.59 Å². The Kier molecular flexibility index (Phi) is 5.57. The van der Waals surface area contributed by atoms with E-state index in [4.69, 9.17) is 11.5 Å². The number of primary amides is 1. The molecular formula is C19H17BrN4O2S. The highest BCUT2D eigenvalue weighted by molar-refractivity contribution is 9.10. The third-order valence-electron chi connectivity index (χ3n) is 3.99. The first kappa shape index (κ1) is 19.1. The molecule has 6 nitrogen and oxygen atoms in total. The maximum Gasteiger partial charge on any atom is 0.240 e. The lowest BCUT2D eigenvalue weighted by atomic mass is 10.1. The SMILES string of the molecule is C[C@H](C(N)=O)N(c1ccc(Br)cc1)c1nc(N)c(C(=O)c2ccccc2)s1. The summed E-state index contributed by atoms with van der Waals surface area (Å²) < 4.78 is 0.900. The molecule has 0 unspecified atom stereocenters. The molecule has 138 valence electrons. The normalized spacial score (nSPS) is 11.8. The molecule has 0 fully saturated rings. The molecule has 0 aliphatic carbocycles. The van der Waals surface area contributed by atoms with Crippen LogP contribution in [0.15, 0.2) is 59.1 Å². The van der Waals surface area contributed by atoms with E-state index in [1.807, 2.05) is 30.3 Å². The van der Waals surface area contributed by atoms with Crippen LogP contribution >= 0.6 is 27.3 Å². The number of ketones is 1. The van der Waals surface area contributed by atoms with Crippen LogP contribution < -0.4 is 16.4 Å². The van der Waals surface area contributed by atoms with Gasteiger partial charge in [-0.05, 0) is 31.2 Å². The zero-order valence-corrected chi connectivity index (χ0v) is 16.8. The molecule has 1 amide bonds. The summed E-state index contributed by atoms with van der Waals surface area (Å²) in [6, 6.07) is 15.5.